The molecular weight excluding hydrogens is 407 g/mol. The van der Waals surface area contributed by atoms with Gasteiger partial charge in [0.1, 0.15) is 18.5 Å². The van der Waals surface area contributed by atoms with Crippen molar-refractivity contribution >= 4 is 0 Å². The third-order valence-electron chi connectivity index (χ3n) is 6.31. The SMILES string of the molecule is COc1cc(CNCc2cc(F)ccc2C)ccc1OCC(O)CN(C)C1CCCCC1. The summed E-state index contributed by atoms with van der Waals surface area (Å²) in [5.41, 5.74) is 3.05. The summed E-state index contributed by atoms with van der Waals surface area (Å²) in [4.78, 5) is 2.26. The lowest BCUT2D eigenvalue weighted by Gasteiger charge is -2.32. The molecule has 2 aromatic carbocycles. The molecule has 0 heterocycles. The quantitative estimate of drug-likeness (QED) is 0.537. The highest BCUT2D eigenvalue weighted by atomic mass is 19.1. The van der Waals surface area contributed by atoms with E-state index in [2.05, 4.69) is 17.3 Å². The smallest absolute Gasteiger partial charge is 0.161 e. The van der Waals surface area contributed by atoms with Crippen LogP contribution in [0, 0.1) is 12.7 Å². The third-order valence-corrected chi connectivity index (χ3v) is 6.31. The first-order chi connectivity index (χ1) is 15.5. The Kier molecular flexibility index (Phi) is 9.33. The lowest BCUT2D eigenvalue weighted by atomic mass is 9.94. The number of likely N-dealkylation sites (N-methyl/N-ethyl adjacent to an activating group) is 1. The maximum absolute atomic E-state index is 13.5. The number of benzene rings is 2. The van der Waals surface area contributed by atoms with Crippen molar-refractivity contribution in [2.24, 2.45) is 0 Å². The van der Waals surface area contributed by atoms with Crippen LogP contribution in [0.4, 0.5) is 4.39 Å². The summed E-state index contributed by atoms with van der Waals surface area (Å²) in [5.74, 6) is 1.04. The second-order valence-corrected chi connectivity index (χ2v) is 8.86. The number of rotatable bonds is 11. The average molecular weight is 445 g/mol. The molecule has 2 aromatic rings. The summed E-state index contributed by atoms with van der Waals surface area (Å²) in [6.07, 6.45) is 5.76. The summed E-state index contributed by atoms with van der Waals surface area (Å²) in [6.45, 7) is 4.03. The minimum absolute atomic E-state index is 0.220. The number of hydrogen-bond acceptors (Lipinski definition) is 5. The van der Waals surface area contributed by atoms with Crippen molar-refractivity contribution in [1.29, 1.82) is 0 Å². The number of aliphatic hydroxyl groups excluding tert-OH is 1. The third kappa shape index (κ3) is 7.19. The molecule has 1 aliphatic rings. The second-order valence-electron chi connectivity index (χ2n) is 8.86. The first kappa shape index (κ1) is 24.5. The van der Waals surface area contributed by atoms with Crippen molar-refractivity contribution in [2.45, 2.75) is 64.3 Å². The van der Waals surface area contributed by atoms with Gasteiger partial charge in [-0.1, -0.05) is 31.4 Å². The van der Waals surface area contributed by atoms with Crippen molar-refractivity contribution in [3.8, 4) is 11.5 Å². The van der Waals surface area contributed by atoms with Crippen LogP contribution in [-0.2, 0) is 13.1 Å². The van der Waals surface area contributed by atoms with E-state index in [0.29, 0.717) is 37.2 Å². The maximum Gasteiger partial charge on any atom is 0.161 e. The average Bonchev–Trinajstić information content (AvgIpc) is 2.80. The molecule has 1 atom stereocenters. The molecule has 1 saturated carbocycles. The molecule has 0 bridgehead atoms. The molecule has 0 radical (unpaired) electrons. The van der Waals surface area contributed by atoms with Gasteiger partial charge in [0, 0.05) is 25.7 Å². The van der Waals surface area contributed by atoms with E-state index < -0.39 is 6.10 Å². The molecule has 5 nitrogen and oxygen atoms in total. The van der Waals surface area contributed by atoms with Crippen LogP contribution in [0.25, 0.3) is 0 Å². The molecule has 0 spiro atoms. The highest BCUT2D eigenvalue weighted by molar-refractivity contribution is 5.43. The van der Waals surface area contributed by atoms with Crippen molar-refractivity contribution in [3.63, 3.8) is 0 Å². The number of aryl methyl sites for hydroxylation is 1. The zero-order valence-electron chi connectivity index (χ0n) is 19.6. The van der Waals surface area contributed by atoms with Gasteiger partial charge in [-0.05, 0) is 67.8 Å². The van der Waals surface area contributed by atoms with E-state index in [-0.39, 0.29) is 12.4 Å². The van der Waals surface area contributed by atoms with Crippen LogP contribution in [-0.4, -0.2) is 49.5 Å². The molecule has 1 unspecified atom stereocenters. The largest absolute Gasteiger partial charge is 0.493 e. The fraction of sp³-hybridized carbons (Fsp3) is 0.538. The maximum atomic E-state index is 13.5. The molecule has 2 N–H and O–H groups in total. The van der Waals surface area contributed by atoms with Crippen molar-refractivity contribution in [3.05, 3.63) is 58.9 Å². The summed E-state index contributed by atoms with van der Waals surface area (Å²) in [5, 5.41) is 13.8. The van der Waals surface area contributed by atoms with Gasteiger partial charge in [-0.15, -0.1) is 0 Å². The molecule has 0 amide bonds. The molecule has 0 aliphatic heterocycles. The number of methoxy groups -OCH3 is 1. The van der Waals surface area contributed by atoms with Crippen LogP contribution in [0.1, 0.15) is 48.8 Å². The van der Waals surface area contributed by atoms with Crippen LogP contribution in [0.15, 0.2) is 36.4 Å². The zero-order valence-corrected chi connectivity index (χ0v) is 19.6. The van der Waals surface area contributed by atoms with E-state index in [1.165, 1.54) is 38.2 Å². The molecule has 0 aromatic heterocycles. The fourth-order valence-corrected chi connectivity index (χ4v) is 4.36. The van der Waals surface area contributed by atoms with E-state index in [1.54, 1.807) is 19.2 Å². The minimum atomic E-state index is -0.553. The van der Waals surface area contributed by atoms with E-state index >= 15 is 0 Å². The highest BCUT2D eigenvalue weighted by Gasteiger charge is 2.20. The summed E-state index contributed by atoms with van der Waals surface area (Å²) >= 11 is 0. The van der Waals surface area contributed by atoms with Gasteiger partial charge in [0.2, 0.25) is 0 Å². The Morgan fingerprint density at radius 2 is 1.88 bits per heavy atom. The summed E-state index contributed by atoms with van der Waals surface area (Å²) in [7, 11) is 3.70. The first-order valence-electron chi connectivity index (χ1n) is 11.6. The Labute approximate surface area is 191 Å². The van der Waals surface area contributed by atoms with E-state index in [4.69, 9.17) is 9.47 Å². The Hall–Kier alpha value is -2.15. The van der Waals surface area contributed by atoms with Gasteiger partial charge in [-0.25, -0.2) is 4.39 Å². The van der Waals surface area contributed by atoms with Crippen LogP contribution in [0.3, 0.4) is 0 Å². The van der Waals surface area contributed by atoms with Crippen molar-refractivity contribution in [1.82, 2.24) is 10.2 Å². The predicted molar refractivity (Wildman–Crippen MR) is 126 cm³/mol. The monoisotopic (exact) mass is 444 g/mol. The number of ether oxygens (including phenoxy) is 2. The number of aliphatic hydroxyl groups is 1. The van der Waals surface area contributed by atoms with Crippen LogP contribution >= 0.6 is 0 Å². The van der Waals surface area contributed by atoms with Crippen LogP contribution < -0.4 is 14.8 Å². The van der Waals surface area contributed by atoms with Gasteiger partial charge in [0.15, 0.2) is 11.5 Å². The van der Waals surface area contributed by atoms with Crippen LogP contribution in [0.5, 0.6) is 11.5 Å². The lowest BCUT2D eigenvalue weighted by Crippen LogP contribution is -2.40. The standard InChI is InChI=1S/C26H37FN2O3/c1-19-9-11-22(27)14-21(19)16-28-15-20-10-12-25(26(13-20)31-3)32-18-24(30)17-29(2)23-7-5-4-6-8-23/h9-14,23-24,28,30H,4-8,15-18H2,1-3H3. The second kappa shape index (κ2) is 12.2. The zero-order chi connectivity index (χ0) is 22.9. The number of hydrogen-bond donors (Lipinski definition) is 2. The Morgan fingerprint density at radius 3 is 2.62 bits per heavy atom. The molecule has 176 valence electrons. The lowest BCUT2D eigenvalue weighted by molar-refractivity contribution is 0.0553. The van der Waals surface area contributed by atoms with Gasteiger partial charge in [0.05, 0.1) is 7.11 Å². The Balaban J connectivity index is 1.48. The molecule has 1 fully saturated rings. The molecule has 6 heteroatoms. The molecule has 0 saturated heterocycles. The van der Waals surface area contributed by atoms with Gasteiger partial charge in [-0.3, -0.25) is 0 Å². The normalized spacial score (nSPS) is 15.7. The van der Waals surface area contributed by atoms with Gasteiger partial charge in [-0.2, -0.15) is 0 Å². The topological polar surface area (TPSA) is 54.0 Å². The van der Waals surface area contributed by atoms with Crippen LogP contribution in [0.2, 0.25) is 0 Å². The Morgan fingerprint density at radius 1 is 1.09 bits per heavy atom. The number of halogens is 1. The van der Waals surface area contributed by atoms with E-state index in [1.807, 2.05) is 25.1 Å². The predicted octanol–water partition coefficient (Wildman–Crippen LogP) is 4.44. The Bertz CT molecular complexity index is 855. The van der Waals surface area contributed by atoms with Gasteiger partial charge < -0.3 is 24.8 Å². The minimum Gasteiger partial charge on any atom is -0.493 e. The first-order valence-corrected chi connectivity index (χ1v) is 11.6. The highest BCUT2D eigenvalue weighted by Crippen LogP contribution is 2.28. The molecule has 32 heavy (non-hydrogen) atoms. The van der Waals surface area contributed by atoms with Gasteiger partial charge in [0.25, 0.3) is 0 Å². The van der Waals surface area contributed by atoms with Crippen molar-refractivity contribution < 1.29 is 19.0 Å². The van der Waals surface area contributed by atoms with E-state index in [0.717, 1.165) is 16.7 Å². The summed E-state index contributed by atoms with van der Waals surface area (Å²) < 4.78 is 24.8. The fourth-order valence-electron chi connectivity index (χ4n) is 4.36. The van der Waals surface area contributed by atoms with Gasteiger partial charge >= 0.3 is 0 Å². The number of nitrogens with one attached hydrogen (secondary N) is 1. The molecule has 3 rings (SSSR count). The molecular formula is C26H37FN2O3. The summed E-state index contributed by atoms with van der Waals surface area (Å²) in [6, 6.07) is 11.2. The number of nitrogens with zero attached hydrogens (tertiary/aromatic N) is 1. The van der Waals surface area contributed by atoms with Crippen molar-refractivity contribution in [2.75, 3.05) is 27.3 Å². The van der Waals surface area contributed by atoms with E-state index in [9.17, 15) is 9.50 Å². The molecule has 1 aliphatic carbocycles.